The van der Waals surface area contributed by atoms with Crippen molar-refractivity contribution in [1.82, 2.24) is 10.2 Å². The highest BCUT2D eigenvalue weighted by Crippen LogP contribution is 2.30. The third kappa shape index (κ3) is 4.61. The summed E-state index contributed by atoms with van der Waals surface area (Å²) in [6.45, 7) is 7.72. The van der Waals surface area contributed by atoms with E-state index in [0.717, 1.165) is 10.1 Å². The molecule has 6 nitrogen and oxygen atoms in total. The molecule has 0 aliphatic rings. The van der Waals surface area contributed by atoms with Gasteiger partial charge >= 0.3 is 0 Å². The van der Waals surface area contributed by atoms with Crippen LogP contribution in [0.3, 0.4) is 0 Å². The zero-order chi connectivity index (χ0) is 17.9. The summed E-state index contributed by atoms with van der Waals surface area (Å²) in [7, 11) is -2.17. The quantitative estimate of drug-likeness (QED) is 0.729. The maximum atomic E-state index is 12.7. The van der Waals surface area contributed by atoms with E-state index in [-0.39, 0.29) is 10.0 Å². The van der Waals surface area contributed by atoms with Crippen LogP contribution in [0.25, 0.3) is 0 Å². The van der Waals surface area contributed by atoms with E-state index >= 15 is 0 Å². The van der Waals surface area contributed by atoms with Crippen LogP contribution < -0.4 is 9.46 Å². The molecule has 1 heterocycles. The summed E-state index contributed by atoms with van der Waals surface area (Å²) in [4.78, 5) is 0.245. The maximum Gasteiger partial charge on any atom is 0.264 e. The average Bonchev–Trinajstić information content (AvgIpc) is 2.90. The second-order valence-corrected chi connectivity index (χ2v) is 9.64. The van der Waals surface area contributed by atoms with Gasteiger partial charge in [0.25, 0.3) is 10.0 Å². The Morgan fingerprint density at radius 2 is 1.88 bits per heavy atom. The number of aryl methyl sites for hydroxylation is 2. The van der Waals surface area contributed by atoms with Gasteiger partial charge in [0, 0.05) is 5.75 Å². The zero-order valence-corrected chi connectivity index (χ0v) is 16.7. The van der Waals surface area contributed by atoms with Crippen LogP contribution in [0.2, 0.25) is 0 Å². The van der Waals surface area contributed by atoms with Crippen molar-refractivity contribution in [2.45, 2.75) is 36.9 Å². The molecule has 0 aliphatic carbocycles. The van der Waals surface area contributed by atoms with Crippen molar-refractivity contribution in [3.63, 3.8) is 0 Å². The van der Waals surface area contributed by atoms with Crippen molar-refractivity contribution >= 4 is 38.3 Å². The molecule has 0 saturated heterocycles. The number of anilines is 1. The summed E-state index contributed by atoms with van der Waals surface area (Å²) in [5.74, 6) is 2.08. The zero-order valence-electron chi connectivity index (χ0n) is 14.3. The predicted octanol–water partition coefficient (Wildman–Crippen LogP) is 3.71. The second kappa shape index (κ2) is 7.71. The third-order valence-corrected chi connectivity index (χ3v) is 7.28. The van der Waals surface area contributed by atoms with E-state index in [0.29, 0.717) is 22.8 Å². The molecule has 0 saturated carbocycles. The van der Waals surface area contributed by atoms with Gasteiger partial charge in [0.15, 0.2) is 4.34 Å². The highest BCUT2D eigenvalue weighted by Gasteiger charge is 2.22. The molecule has 9 heteroatoms. The number of hydrogen-bond donors (Lipinski definition) is 1. The van der Waals surface area contributed by atoms with Crippen LogP contribution in [-0.4, -0.2) is 31.5 Å². The molecule has 0 atom stereocenters. The fourth-order valence-corrected chi connectivity index (χ4v) is 5.58. The van der Waals surface area contributed by atoms with Crippen molar-refractivity contribution in [2.75, 3.05) is 17.6 Å². The van der Waals surface area contributed by atoms with Crippen LogP contribution in [0.4, 0.5) is 5.13 Å². The largest absolute Gasteiger partial charge is 0.497 e. The topological polar surface area (TPSA) is 81.2 Å². The van der Waals surface area contributed by atoms with Crippen molar-refractivity contribution in [3.05, 3.63) is 23.3 Å². The molecule has 1 N–H and O–H groups in total. The number of ether oxygens (including phenoxy) is 1. The van der Waals surface area contributed by atoms with Crippen LogP contribution in [0.1, 0.15) is 25.0 Å². The van der Waals surface area contributed by atoms with Gasteiger partial charge in [0.05, 0.1) is 12.0 Å². The smallest absolute Gasteiger partial charge is 0.264 e. The molecule has 0 amide bonds. The minimum absolute atomic E-state index is 0.245. The molecule has 0 unspecified atom stereocenters. The molecule has 1 aromatic heterocycles. The van der Waals surface area contributed by atoms with Crippen LogP contribution in [0, 0.1) is 19.8 Å². The Labute approximate surface area is 151 Å². The first-order valence-electron chi connectivity index (χ1n) is 7.37. The number of nitrogens with one attached hydrogen (secondary N) is 1. The average molecular weight is 388 g/mol. The number of benzene rings is 1. The third-order valence-electron chi connectivity index (χ3n) is 3.11. The van der Waals surface area contributed by atoms with Gasteiger partial charge in [0.2, 0.25) is 5.13 Å². The minimum atomic E-state index is -3.72. The molecule has 2 aromatic rings. The Kier molecular flexibility index (Phi) is 6.11. The molecule has 0 spiro atoms. The number of nitrogens with zero attached hydrogens (tertiary/aromatic N) is 2. The number of hydrogen-bond acceptors (Lipinski definition) is 7. The summed E-state index contributed by atoms with van der Waals surface area (Å²) < 4.78 is 33.8. The minimum Gasteiger partial charge on any atom is -0.497 e. The Morgan fingerprint density at radius 1 is 1.25 bits per heavy atom. The van der Waals surface area contributed by atoms with E-state index in [1.54, 1.807) is 44.9 Å². The second-order valence-electron chi connectivity index (χ2n) is 5.77. The Bertz CT molecular complexity index is 793. The molecule has 0 aliphatic heterocycles. The first-order valence-corrected chi connectivity index (χ1v) is 10.7. The number of methoxy groups -OCH3 is 1. The SMILES string of the molecule is COc1cc(C)c(S(=O)(=O)Nc2nnc(SCC(C)C)s2)c(C)c1. The summed E-state index contributed by atoms with van der Waals surface area (Å²) in [6.07, 6.45) is 0. The molecular formula is C15H21N3O3S3. The van der Waals surface area contributed by atoms with Crippen LogP contribution in [-0.2, 0) is 10.0 Å². The molecule has 0 bridgehead atoms. The Balaban J connectivity index is 2.23. The fourth-order valence-electron chi connectivity index (χ4n) is 2.17. The highest BCUT2D eigenvalue weighted by atomic mass is 32.2. The number of rotatable bonds is 7. The van der Waals surface area contributed by atoms with E-state index in [4.69, 9.17) is 4.74 Å². The van der Waals surface area contributed by atoms with Crippen LogP contribution >= 0.6 is 23.1 Å². The molecule has 24 heavy (non-hydrogen) atoms. The van der Waals surface area contributed by atoms with Crippen LogP contribution in [0.5, 0.6) is 5.75 Å². The van der Waals surface area contributed by atoms with Gasteiger partial charge in [-0.1, -0.05) is 36.9 Å². The monoisotopic (exact) mass is 387 g/mol. The normalized spacial score (nSPS) is 11.8. The molecule has 1 aromatic carbocycles. The number of aromatic nitrogens is 2. The van der Waals surface area contributed by atoms with Gasteiger partial charge < -0.3 is 4.74 Å². The molecule has 0 radical (unpaired) electrons. The molecule has 132 valence electrons. The molecule has 2 rings (SSSR count). The first kappa shape index (κ1) is 19.0. The van der Waals surface area contributed by atoms with Crippen LogP contribution in [0.15, 0.2) is 21.4 Å². The molecule has 0 fully saturated rings. The molecular weight excluding hydrogens is 366 g/mol. The summed E-state index contributed by atoms with van der Waals surface area (Å²) in [5, 5.41) is 8.23. The summed E-state index contributed by atoms with van der Waals surface area (Å²) in [5.41, 5.74) is 1.25. The highest BCUT2D eigenvalue weighted by molar-refractivity contribution is 8.01. The lowest BCUT2D eigenvalue weighted by Gasteiger charge is -2.12. The number of sulfonamides is 1. The van der Waals surface area contributed by atoms with E-state index in [1.807, 2.05) is 0 Å². The summed E-state index contributed by atoms with van der Waals surface area (Å²) in [6, 6.07) is 3.40. The van der Waals surface area contributed by atoms with Crippen molar-refractivity contribution < 1.29 is 13.2 Å². The van der Waals surface area contributed by atoms with Crippen molar-refractivity contribution in [1.29, 1.82) is 0 Å². The van der Waals surface area contributed by atoms with Gasteiger partial charge in [0.1, 0.15) is 5.75 Å². The van der Waals surface area contributed by atoms with E-state index in [2.05, 4.69) is 28.8 Å². The first-order chi connectivity index (χ1) is 11.2. The lowest BCUT2D eigenvalue weighted by Crippen LogP contribution is -2.15. The van der Waals surface area contributed by atoms with Gasteiger partial charge in [-0.25, -0.2) is 8.42 Å². The van der Waals surface area contributed by atoms with Crippen molar-refractivity contribution in [2.24, 2.45) is 5.92 Å². The standard InChI is InChI=1S/C15H21N3O3S3/c1-9(2)8-22-15-17-16-14(23-15)18-24(19,20)13-10(3)6-12(21-5)7-11(13)4/h6-7,9H,8H2,1-5H3,(H,16,18). The summed E-state index contributed by atoms with van der Waals surface area (Å²) >= 11 is 2.82. The lowest BCUT2D eigenvalue weighted by molar-refractivity contribution is 0.413. The van der Waals surface area contributed by atoms with E-state index in [1.165, 1.54) is 11.3 Å². The van der Waals surface area contributed by atoms with Crippen molar-refractivity contribution in [3.8, 4) is 5.75 Å². The van der Waals surface area contributed by atoms with E-state index < -0.39 is 10.0 Å². The van der Waals surface area contributed by atoms with Gasteiger partial charge in [-0.15, -0.1) is 10.2 Å². The predicted molar refractivity (Wildman–Crippen MR) is 98.7 cm³/mol. The van der Waals surface area contributed by atoms with Gasteiger partial charge in [-0.2, -0.15) is 0 Å². The van der Waals surface area contributed by atoms with E-state index in [9.17, 15) is 8.42 Å². The number of thioether (sulfide) groups is 1. The fraction of sp³-hybridized carbons (Fsp3) is 0.467. The van der Waals surface area contributed by atoms with Gasteiger partial charge in [-0.05, 0) is 43.0 Å². The van der Waals surface area contributed by atoms with Gasteiger partial charge in [-0.3, -0.25) is 4.72 Å². The lowest BCUT2D eigenvalue weighted by atomic mass is 10.1. The Hall–Kier alpha value is -1.32. The maximum absolute atomic E-state index is 12.7. The Morgan fingerprint density at radius 3 is 2.42 bits per heavy atom.